The topological polar surface area (TPSA) is 90.0 Å². The van der Waals surface area contributed by atoms with Crippen molar-refractivity contribution in [1.29, 1.82) is 0 Å². The van der Waals surface area contributed by atoms with Crippen LogP contribution >= 0.6 is 12.4 Å². The van der Waals surface area contributed by atoms with Gasteiger partial charge in [0.1, 0.15) is 11.5 Å². The van der Waals surface area contributed by atoms with Gasteiger partial charge >= 0.3 is 0 Å². The van der Waals surface area contributed by atoms with Crippen LogP contribution in [0.5, 0.6) is 0 Å². The lowest BCUT2D eigenvalue weighted by atomic mass is 10.1. The minimum Gasteiger partial charge on any atom is -0.391 e. The lowest BCUT2D eigenvalue weighted by Crippen LogP contribution is -2.34. The molecule has 2 aromatic rings. The van der Waals surface area contributed by atoms with E-state index in [-0.39, 0.29) is 30.0 Å². The number of aliphatic hydroxyl groups is 1. The van der Waals surface area contributed by atoms with Crippen LogP contribution in [-0.2, 0) is 0 Å². The molecule has 0 saturated carbocycles. The van der Waals surface area contributed by atoms with Crippen molar-refractivity contribution in [2.45, 2.75) is 6.10 Å². The van der Waals surface area contributed by atoms with Crippen molar-refractivity contribution in [3.05, 3.63) is 41.8 Å². The fraction of sp³-hybridized carbons (Fsp3) is 0.333. The van der Waals surface area contributed by atoms with E-state index in [1.807, 2.05) is 0 Å². The Hall–Kier alpha value is -1.96. The van der Waals surface area contributed by atoms with Gasteiger partial charge in [0.15, 0.2) is 0 Å². The monoisotopic (exact) mass is 340 g/mol. The quantitative estimate of drug-likeness (QED) is 0.667. The number of rotatable bonds is 4. The molecule has 2 heterocycles. The molecule has 1 fully saturated rings. The van der Waals surface area contributed by atoms with E-state index in [9.17, 15) is 14.3 Å². The summed E-state index contributed by atoms with van der Waals surface area (Å²) >= 11 is 0. The second kappa shape index (κ2) is 7.54. The van der Waals surface area contributed by atoms with Crippen LogP contribution in [0.2, 0.25) is 0 Å². The average Bonchev–Trinajstić information content (AvgIpc) is 3.15. The summed E-state index contributed by atoms with van der Waals surface area (Å²) in [5, 5.41) is 22.3. The summed E-state index contributed by atoms with van der Waals surface area (Å²) in [5.41, 5.74) is 1.64. The van der Waals surface area contributed by atoms with Gasteiger partial charge in [0.25, 0.3) is 5.91 Å². The smallest absolute Gasteiger partial charge is 0.269 e. The summed E-state index contributed by atoms with van der Waals surface area (Å²) in [6, 6.07) is 7.52. The minimum absolute atomic E-state index is 0. The molecule has 124 valence electrons. The zero-order chi connectivity index (χ0) is 15.5. The van der Waals surface area contributed by atoms with E-state index in [1.54, 1.807) is 18.2 Å². The van der Waals surface area contributed by atoms with Gasteiger partial charge in [-0.1, -0.05) is 0 Å². The molecule has 1 aliphatic rings. The van der Waals surface area contributed by atoms with Crippen LogP contribution < -0.4 is 10.6 Å². The highest BCUT2D eigenvalue weighted by atomic mass is 35.5. The molecule has 1 amide bonds. The molecule has 0 radical (unpaired) electrons. The fourth-order valence-corrected chi connectivity index (χ4v) is 2.45. The molecule has 2 atom stereocenters. The number of aromatic nitrogens is 2. The third-order valence-electron chi connectivity index (χ3n) is 3.79. The van der Waals surface area contributed by atoms with Crippen molar-refractivity contribution in [1.82, 2.24) is 20.8 Å². The molecular formula is C15H18ClFN4O2. The molecule has 2 unspecified atom stereocenters. The third-order valence-corrected chi connectivity index (χ3v) is 3.79. The number of hydrogen-bond acceptors (Lipinski definition) is 4. The summed E-state index contributed by atoms with van der Waals surface area (Å²) in [7, 11) is 0. The van der Waals surface area contributed by atoms with E-state index in [1.165, 1.54) is 12.1 Å². The first kappa shape index (κ1) is 17.4. The summed E-state index contributed by atoms with van der Waals surface area (Å²) in [6.45, 7) is 1.64. The maximum Gasteiger partial charge on any atom is 0.269 e. The fourth-order valence-electron chi connectivity index (χ4n) is 2.45. The van der Waals surface area contributed by atoms with Gasteiger partial charge in [-0.2, -0.15) is 5.10 Å². The largest absolute Gasteiger partial charge is 0.391 e. The lowest BCUT2D eigenvalue weighted by Gasteiger charge is -2.13. The average molecular weight is 341 g/mol. The Kier molecular flexibility index (Phi) is 5.70. The van der Waals surface area contributed by atoms with Crippen molar-refractivity contribution >= 4 is 18.3 Å². The number of aromatic amines is 1. The zero-order valence-electron chi connectivity index (χ0n) is 12.3. The van der Waals surface area contributed by atoms with Crippen LogP contribution in [0.4, 0.5) is 4.39 Å². The number of aliphatic hydroxyl groups excluding tert-OH is 1. The van der Waals surface area contributed by atoms with Crippen LogP contribution in [-0.4, -0.2) is 46.9 Å². The highest BCUT2D eigenvalue weighted by molar-refractivity contribution is 5.93. The molecule has 23 heavy (non-hydrogen) atoms. The van der Waals surface area contributed by atoms with Crippen LogP contribution in [0.3, 0.4) is 0 Å². The molecule has 1 aliphatic heterocycles. The van der Waals surface area contributed by atoms with Crippen LogP contribution in [0, 0.1) is 11.7 Å². The Bertz CT molecular complexity index is 662. The second-order valence-electron chi connectivity index (χ2n) is 5.37. The number of amides is 1. The summed E-state index contributed by atoms with van der Waals surface area (Å²) in [6.07, 6.45) is -0.433. The van der Waals surface area contributed by atoms with Crippen molar-refractivity contribution in [3.8, 4) is 11.3 Å². The Morgan fingerprint density at radius 2 is 2.09 bits per heavy atom. The number of nitrogens with zero attached hydrogens (tertiary/aromatic N) is 1. The molecule has 0 bridgehead atoms. The molecule has 1 aromatic carbocycles. The van der Waals surface area contributed by atoms with E-state index in [0.717, 1.165) is 5.56 Å². The number of benzene rings is 1. The molecule has 0 spiro atoms. The van der Waals surface area contributed by atoms with Crippen molar-refractivity contribution < 1.29 is 14.3 Å². The van der Waals surface area contributed by atoms with Crippen molar-refractivity contribution in [3.63, 3.8) is 0 Å². The van der Waals surface area contributed by atoms with Gasteiger partial charge < -0.3 is 15.7 Å². The van der Waals surface area contributed by atoms with Gasteiger partial charge in [-0.25, -0.2) is 4.39 Å². The summed E-state index contributed by atoms with van der Waals surface area (Å²) in [4.78, 5) is 12.1. The van der Waals surface area contributed by atoms with Gasteiger partial charge in [0, 0.05) is 31.1 Å². The van der Waals surface area contributed by atoms with Crippen LogP contribution in [0.1, 0.15) is 10.5 Å². The van der Waals surface area contributed by atoms with E-state index in [2.05, 4.69) is 20.8 Å². The number of hydrogen-bond donors (Lipinski definition) is 4. The highest BCUT2D eigenvalue weighted by Gasteiger charge is 2.25. The Morgan fingerprint density at radius 3 is 2.74 bits per heavy atom. The predicted molar refractivity (Wildman–Crippen MR) is 85.9 cm³/mol. The van der Waals surface area contributed by atoms with Gasteiger partial charge in [0.05, 0.1) is 11.8 Å². The van der Waals surface area contributed by atoms with E-state index >= 15 is 0 Å². The maximum atomic E-state index is 12.9. The standard InChI is InChI=1S/C15H17FN4O2.ClH/c16-11-3-1-9(2-4-11)12-5-13(20-19-12)15(22)18-7-10-6-17-8-14(10)21;/h1-5,10,14,17,21H,6-8H2,(H,18,22)(H,19,20);1H. The third kappa shape index (κ3) is 4.07. The molecule has 1 saturated heterocycles. The van der Waals surface area contributed by atoms with Gasteiger partial charge in [0.2, 0.25) is 0 Å². The second-order valence-corrected chi connectivity index (χ2v) is 5.37. The summed E-state index contributed by atoms with van der Waals surface area (Å²) < 4.78 is 12.9. The van der Waals surface area contributed by atoms with Crippen molar-refractivity contribution in [2.75, 3.05) is 19.6 Å². The number of H-pyrrole nitrogens is 1. The molecule has 6 nitrogen and oxygen atoms in total. The summed E-state index contributed by atoms with van der Waals surface area (Å²) in [5.74, 6) is -0.579. The predicted octanol–water partition coefficient (Wildman–Crippen LogP) is 0.948. The minimum atomic E-state index is -0.433. The maximum absolute atomic E-state index is 12.9. The normalized spacial score (nSPS) is 20.1. The van der Waals surface area contributed by atoms with E-state index in [0.29, 0.717) is 31.0 Å². The van der Waals surface area contributed by atoms with Gasteiger partial charge in [-0.15, -0.1) is 12.4 Å². The number of β-amino-alcohol motifs (C(OH)–C–C–N with tert-alkyl or cyclic N) is 1. The number of carbonyl (C=O) groups excluding carboxylic acids is 1. The highest BCUT2D eigenvalue weighted by Crippen LogP contribution is 2.18. The molecule has 8 heteroatoms. The first-order valence-electron chi connectivity index (χ1n) is 7.12. The Morgan fingerprint density at radius 1 is 1.35 bits per heavy atom. The molecule has 0 aliphatic carbocycles. The van der Waals surface area contributed by atoms with Gasteiger partial charge in [-0.3, -0.25) is 9.89 Å². The van der Waals surface area contributed by atoms with Crippen molar-refractivity contribution in [2.24, 2.45) is 5.92 Å². The SMILES string of the molecule is Cl.O=C(NCC1CNCC1O)c1cc(-c2ccc(F)cc2)n[nH]1. The van der Waals surface area contributed by atoms with Gasteiger partial charge in [-0.05, 0) is 30.3 Å². The Labute approximate surface area is 138 Å². The molecule has 4 N–H and O–H groups in total. The first-order valence-corrected chi connectivity index (χ1v) is 7.12. The van der Waals surface area contributed by atoms with Crippen LogP contribution in [0.25, 0.3) is 11.3 Å². The number of nitrogens with one attached hydrogen (secondary N) is 3. The Balaban J connectivity index is 0.00000192. The number of halogens is 2. The molecular weight excluding hydrogens is 323 g/mol. The first-order chi connectivity index (χ1) is 10.6. The van der Waals surface area contributed by atoms with E-state index < -0.39 is 6.10 Å². The lowest BCUT2D eigenvalue weighted by molar-refractivity contribution is 0.0922. The number of carbonyl (C=O) groups is 1. The molecule has 3 rings (SSSR count). The zero-order valence-corrected chi connectivity index (χ0v) is 13.1. The molecule has 1 aromatic heterocycles. The van der Waals surface area contributed by atoms with E-state index in [4.69, 9.17) is 0 Å². The van der Waals surface area contributed by atoms with Crippen LogP contribution in [0.15, 0.2) is 30.3 Å².